The van der Waals surface area contributed by atoms with Crippen molar-refractivity contribution >= 4 is 40.8 Å². The van der Waals surface area contributed by atoms with E-state index >= 15 is 0 Å². The molecule has 0 atom stereocenters. The fourth-order valence-electron chi connectivity index (χ4n) is 0.761. The molecule has 0 heterocycles. The van der Waals surface area contributed by atoms with Crippen molar-refractivity contribution in [2.24, 2.45) is 0 Å². The van der Waals surface area contributed by atoms with Crippen LogP contribution in [0.1, 0.15) is 0 Å². The number of hydrogen-bond donors (Lipinski definition) is 1. The van der Waals surface area contributed by atoms with Crippen LogP contribution in [0.3, 0.4) is 0 Å². The van der Waals surface area contributed by atoms with Gasteiger partial charge in [0, 0.05) is 12.1 Å². The Kier molecular flexibility index (Phi) is 3.86. The van der Waals surface area contributed by atoms with Crippen molar-refractivity contribution in [1.29, 1.82) is 0 Å². The van der Waals surface area contributed by atoms with Crippen LogP contribution in [0.5, 0.6) is 5.75 Å². The van der Waals surface area contributed by atoms with Gasteiger partial charge in [-0.3, -0.25) is 0 Å². The second kappa shape index (κ2) is 4.73. The lowest BCUT2D eigenvalue weighted by molar-refractivity contribution is -0.139. The van der Waals surface area contributed by atoms with E-state index in [0.29, 0.717) is 0 Å². The van der Waals surface area contributed by atoms with Crippen LogP contribution in [-0.4, -0.2) is 17.7 Å². The summed E-state index contributed by atoms with van der Waals surface area (Å²) in [6.07, 6.45) is 0. The highest BCUT2D eigenvalue weighted by Crippen LogP contribution is 2.33. The lowest BCUT2D eigenvalue weighted by atomic mass is 10.3. The summed E-state index contributed by atoms with van der Waals surface area (Å²) in [5.41, 5.74) is 0. The van der Waals surface area contributed by atoms with Gasteiger partial charge in [-0.05, 0) is 0 Å². The maximum absolute atomic E-state index is 10.2. The van der Waals surface area contributed by atoms with Crippen molar-refractivity contribution in [2.75, 3.05) is 6.61 Å². The summed E-state index contributed by atoms with van der Waals surface area (Å²) in [4.78, 5) is 10.2. The number of carboxylic acids is 1. The van der Waals surface area contributed by atoms with E-state index < -0.39 is 12.6 Å². The van der Waals surface area contributed by atoms with Crippen LogP contribution in [0.15, 0.2) is 12.1 Å². The van der Waals surface area contributed by atoms with Crippen molar-refractivity contribution in [3.8, 4) is 5.75 Å². The van der Waals surface area contributed by atoms with Gasteiger partial charge >= 0.3 is 5.97 Å². The molecule has 0 bridgehead atoms. The molecule has 1 aromatic carbocycles. The third-order valence-corrected chi connectivity index (χ3v) is 2.52. The third-order valence-electron chi connectivity index (χ3n) is 1.32. The number of hydrogen-bond acceptors (Lipinski definition) is 2. The summed E-state index contributed by atoms with van der Waals surface area (Å²) < 4.78 is 4.86. The van der Waals surface area contributed by atoms with E-state index in [1.165, 1.54) is 12.1 Å². The van der Waals surface area contributed by atoms with Crippen molar-refractivity contribution in [3.63, 3.8) is 0 Å². The van der Waals surface area contributed by atoms with Crippen molar-refractivity contribution < 1.29 is 14.6 Å². The first-order chi connectivity index (χ1) is 6.50. The standard InChI is InChI=1S/C8H5Cl3O3/c9-5-1-4(14-3-7(12)13)2-6(10)8(5)11/h1-2H,3H2,(H,12,13). The Morgan fingerprint density at radius 1 is 1.29 bits per heavy atom. The monoisotopic (exact) mass is 254 g/mol. The van der Waals surface area contributed by atoms with E-state index in [2.05, 4.69) is 0 Å². The molecule has 0 spiro atoms. The summed E-state index contributed by atoms with van der Waals surface area (Å²) in [6.45, 7) is -0.450. The summed E-state index contributed by atoms with van der Waals surface area (Å²) >= 11 is 17.1. The molecule has 0 saturated carbocycles. The minimum atomic E-state index is -1.08. The molecule has 0 aliphatic rings. The van der Waals surface area contributed by atoms with Crippen molar-refractivity contribution in [3.05, 3.63) is 27.2 Å². The molecule has 0 unspecified atom stereocenters. The average molecular weight is 255 g/mol. The van der Waals surface area contributed by atoms with Crippen molar-refractivity contribution in [1.82, 2.24) is 0 Å². The second-order valence-electron chi connectivity index (χ2n) is 2.38. The zero-order valence-corrected chi connectivity index (χ0v) is 9.03. The molecule has 6 heteroatoms. The minimum Gasteiger partial charge on any atom is -0.482 e. The first-order valence-corrected chi connectivity index (χ1v) is 4.63. The zero-order chi connectivity index (χ0) is 10.7. The molecule has 1 aromatic rings. The fourth-order valence-corrected chi connectivity index (χ4v) is 1.34. The SMILES string of the molecule is O=C(O)COc1cc(Cl)c(Cl)c(Cl)c1. The molecule has 0 fully saturated rings. The lowest BCUT2D eigenvalue weighted by Gasteiger charge is -2.05. The van der Waals surface area contributed by atoms with Gasteiger partial charge in [-0.1, -0.05) is 34.8 Å². The van der Waals surface area contributed by atoms with Crippen LogP contribution in [0.2, 0.25) is 15.1 Å². The number of rotatable bonds is 3. The van der Waals surface area contributed by atoms with Crippen LogP contribution in [-0.2, 0) is 4.79 Å². The fraction of sp³-hybridized carbons (Fsp3) is 0.125. The van der Waals surface area contributed by atoms with Crippen LogP contribution in [0.25, 0.3) is 0 Å². The maximum atomic E-state index is 10.2. The van der Waals surface area contributed by atoms with E-state index in [1.807, 2.05) is 0 Å². The molecule has 0 aliphatic heterocycles. The Bertz CT molecular complexity index is 342. The number of ether oxygens (including phenoxy) is 1. The normalized spacial score (nSPS) is 9.93. The van der Waals surface area contributed by atoms with Gasteiger partial charge in [0.15, 0.2) is 6.61 Å². The van der Waals surface area contributed by atoms with Crippen LogP contribution in [0.4, 0.5) is 0 Å². The Labute approximate surface area is 95.1 Å². The summed E-state index contributed by atoms with van der Waals surface area (Å²) in [7, 11) is 0. The molecule has 0 aromatic heterocycles. The number of carbonyl (C=O) groups is 1. The summed E-state index contributed by atoms with van der Waals surface area (Å²) in [5.74, 6) is -0.806. The molecule has 0 amide bonds. The smallest absolute Gasteiger partial charge is 0.341 e. The zero-order valence-electron chi connectivity index (χ0n) is 6.76. The molecule has 0 aliphatic carbocycles. The molecule has 1 N–H and O–H groups in total. The average Bonchev–Trinajstić information content (AvgIpc) is 2.10. The van der Waals surface area contributed by atoms with E-state index in [9.17, 15) is 4.79 Å². The first kappa shape index (κ1) is 11.4. The topological polar surface area (TPSA) is 46.5 Å². The van der Waals surface area contributed by atoms with Gasteiger partial charge in [-0.25, -0.2) is 4.79 Å². The minimum absolute atomic E-state index is 0.219. The molecular weight excluding hydrogens is 250 g/mol. The van der Waals surface area contributed by atoms with Crippen LogP contribution in [0, 0.1) is 0 Å². The Morgan fingerprint density at radius 2 is 1.79 bits per heavy atom. The van der Waals surface area contributed by atoms with Gasteiger partial charge in [-0.15, -0.1) is 0 Å². The van der Waals surface area contributed by atoms with E-state index in [-0.39, 0.29) is 20.8 Å². The van der Waals surface area contributed by atoms with Gasteiger partial charge in [0.2, 0.25) is 0 Å². The maximum Gasteiger partial charge on any atom is 0.341 e. The summed E-state index contributed by atoms with van der Waals surface area (Å²) in [5, 5.41) is 9.01. The first-order valence-electron chi connectivity index (χ1n) is 3.50. The molecule has 1 rings (SSSR count). The lowest BCUT2D eigenvalue weighted by Crippen LogP contribution is -2.09. The van der Waals surface area contributed by atoms with E-state index in [1.54, 1.807) is 0 Å². The Balaban J connectivity index is 2.84. The molecule has 76 valence electrons. The highest BCUT2D eigenvalue weighted by molar-refractivity contribution is 6.48. The molecule has 14 heavy (non-hydrogen) atoms. The molecule has 0 saturated heterocycles. The molecular formula is C8H5Cl3O3. The molecule has 3 nitrogen and oxygen atoms in total. The summed E-state index contributed by atoms with van der Waals surface area (Å²) in [6, 6.07) is 2.80. The molecule has 0 radical (unpaired) electrons. The number of benzene rings is 1. The predicted molar refractivity (Wildman–Crippen MR) is 54.6 cm³/mol. The largest absolute Gasteiger partial charge is 0.482 e. The Morgan fingerprint density at radius 3 is 2.21 bits per heavy atom. The third kappa shape index (κ3) is 2.94. The number of aliphatic carboxylic acids is 1. The highest BCUT2D eigenvalue weighted by atomic mass is 35.5. The van der Waals surface area contributed by atoms with E-state index in [4.69, 9.17) is 44.6 Å². The van der Waals surface area contributed by atoms with Gasteiger partial charge in [0.1, 0.15) is 5.75 Å². The predicted octanol–water partition coefficient (Wildman–Crippen LogP) is 3.11. The second-order valence-corrected chi connectivity index (χ2v) is 3.58. The number of carboxylic acid groups (broad SMARTS) is 1. The van der Waals surface area contributed by atoms with Crippen LogP contribution >= 0.6 is 34.8 Å². The highest BCUT2D eigenvalue weighted by Gasteiger charge is 2.07. The van der Waals surface area contributed by atoms with Crippen molar-refractivity contribution in [2.45, 2.75) is 0 Å². The van der Waals surface area contributed by atoms with Gasteiger partial charge in [-0.2, -0.15) is 0 Å². The quantitative estimate of drug-likeness (QED) is 0.844. The van der Waals surface area contributed by atoms with Gasteiger partial charge in [0.05, 0.1) is 15.1 Å². The van der Waals surface area contributed by atoms with E-state index in [0.717, 1.165) is 0 Å². The number of halogens is 3. The van der Waals surface area contributed by atoms with Gasteiger partial charge < -0.3 is 9.84 Å². The van der Waals surface area contributed by atoms with Gasteiger partial charge in [0.25, 0.3) is 0 Å². The Hall–Kier alpha value is -0.640. The van der Waals surface area contributed by atoms with Crippen LogP contribution < -0.4 is 4.74 Å².